The Morgan fingerprint density at radius 2 is 2.05 bits per heavy atom. The summed E-state index contributed by atoms with van der Waals surface area (Å²) in [5.41, 5.74) is 1.76. The second-order valence-corrected chi connectivity index (χ2v) is 7.26. The maximum atomic E-state index is 4.59. The van der Waals surface area contributed by atoms with E-state index in [9.17, 15) is 0 Å². The molecule has 1 aromatic rings. The summed E-state index contributed by atoms with van der Waals surface area (Å²) in [6.07, 6.45) is 7.19. The van der Waals surface area contributed by atoms with Crippen LogP contribution in [0.1, 0.15) is 70.8 Å². The molecular formula is C16H29N3. The Hall–Kier alpha value is -0.830. The Morgan fingerprint density at radius 1 is 1.37 bits per heavy atom. The largest absolute Gasteiger partial charge is 0.345 e. The van der Waals surface area contributed by atoms with E-state index in [1.807, 2.05) is 6.20 Å². The third-order valence-corrected chi connectivity index (χ3v) is 4.24. The van der Waals surface area contributed by atoms with Gasteiger partial charge in [-0.25, -0.2) is 4.98 Å². The first-order valence-corrected chi connectivity index (χ1v) is 7.71. The molecule has 2 N–H and O–H groups in total. The smallest absolute Gasteiger partial charge is 0.109 e. The van der Waals surface area contributed by atoms with Gasteiger partial charge in [0.25, 0.3) is 0 Å². The van der Waals surface area contributed by atoms with Gasteiger partial charge in [-0.05, 0) is 43.6 Å². The van der Waals surface area contributed by atoms with Gasteiger partial charge in [-0.15, -0.1) is 0 Å². The number of aromatic nitrogens is 2. The Balaban J connectivity index is 1.84. The summed E-state index contributed by atoms with van der Waals surface area (Å²) >= 11 is 0. The number of nitrogens with one attached hydrogen (secondary N) is 2. The Bertz CT molecular complexity index is 382. The van der Waals surface area contributed by atoms with Gasteiger partial charge in [0.05, 0.1) is 0 Å². The van der Waals surface area contributed by atoms with Gasteiger partial charge < -0.3 is 10.3 Å². The predicted octanol–water partition coefficient (Wildman–Crippen LogP) is 3.84. The topological polar surface area (TPSA) is 40.7 Å². The minimum Gasteiger partial charge on any atom is -0.345 e. The number of hydrogen-bond acceptors (Lipinski definition) is 2. The van der Waals surface area contributed by atoms with Crippen molar-refractivity contribution in [2.45, 2.75) is 65.8 Å². The van der Waals surface area contributed by atoms with Crippen LogP contribution < -0.4 is 5.32 Å². The molecule has 0 atom stereocenters. The van der Waals surface area contributed by atoms with Gasteiger partial charge in [0, 0.05) is 24.4 Å². The minimum absolute atomic E-state index is 0.532. The molecule has 19 heavy (non-hydrogen) atoms. The molecule has 1 aromatic heterocycles. The van der Waals surface area contributed by atoms with Crippen LogP contribution in [0, 0.1) is 11.3 Å². The highest BCUT2D eigenvalue weighted by molar-refractivity contribution is 5.07. The molecule has 0 amide bonds. The summed E-state index contributed by atoms with van der Waals surface area (Å²) in [6.45, 7) is 11.2. The second kappa shape index (κ2) is 6.08. The molecule has 0 radical (unpaired) electrons. The van der Waals surface area contributed by atoms with Crippen molar-refractivity contribution in [3.63, 3.8) is 0 Å². The molecule has 0 aliphatic heterocycles. The van der Waals surface area contributed by atoms with Crippen LogP contribution in [0.3, 0.4) is 0 Å². The number of aromatic amines is 1. The summed E-state index contributed by atoms with van der Waals surface area (Å²) in [7, 11) is 0. The summed E-state index contributed by atoms with van der Waals surface area (Å²) in [4.78, 5) is 8.10. The average molecular weight is 263 g/mol. The number of H-pyrrole nitrogens is 1. The van der Waals surface area contributed by atoms with E-state index in [1.54, 1.807) is 0 Å². The lowest BCUT2D eigenvalue weighted by molar-refractivity contribution is 0.221. The second-order valence-electron chi connectivity index (χ2n) is 7.26. The van der Waals surface area contributed by atoms with Crippen LogP contribution in [0.5, 0.6) is 0 Å². The predicted molar refractivity (Wildman–Crippen MR) is 80.1 cm³/mol. The molecule has 0 aromatic carbocycles. The van der Waals surface area contributed by atoms with Crippen LogP contribution in [0.15, 0.2) is 6.20 Å². The highest BCUT2D eigenvalue weighted by atomic mass is 15.0. The van der Waals surface area contributed by atoms with Gasteiger partial charge >= 0.3 is 0 Å². The van der Waals surface area contributed by atoms with Crippen LogP contribution in [-0.4, -0.2) is 16.5 Å². The van der Waals surface area contributed by atoms with Gasteiger partial charge in [-0.2, -0.15) is 0 Å². The van der Waals surface area contributed by atoms with Gasteiger partial charge in [0.15, 0.2) is 0 Å². The van der Waals surface area contributed by atoms with Crippen molar-refractivity contribution in [2.75, 3.05) is 6.54 Å². The zero-order valence-electron chi connectivity index (χ0n) is 12.9. The highest BCUT2D eigenvalue weighted by Gasteiger charge is 2.28. The molecule has 108 valence electrons. The van der Waals surface area contributed by atoms with Crippen molar-refractivity contribution in [3.05, 3.63) is 17.7 Å². The van der Waals surface area contributed by atoms with E-state index < -0.39 is 0 Å². The molecule has 3 heteroatoms. The molecule has 1 heterocycles. The highest BCUT2D eigenvalue weighted by Crippen LogP contribution is 2.41. The molecule has 0 spiro atoms. The number of nitrogens with zero attached hydrogens (tertiary/aromatic N) is 1. The summed E-state index contributed by atoms with van der Waals surface area (Å²) in [5.74, 6) is 2.55. The molecule has 1 saturated carbocycles. The van der Waals surface area contributed by atoms with E-state index in [1.165, 1.54) is 37.2 Å². The standard InChI is InChI=1S/C16H29N3/c1-12(2)9-17-10-14-11-18-15(19-14)13-5-7-16(3,4)8-6-13/h11-13,17H,5-10H2,1-4H3,(H,18,19). The van der Waals surface area contributed by atoms with E-state index in [-0.39, 0.29) is 0 Å². The van der Waals surface area contributed by atoms with Gasteiger partial charge in [-0.3, -0.25) is 0 Å². The quantitative estimate of drug-likeness (QED) is 0.847. The van der Waals surface area contributed by atoms with E-state index in [2.05, 4.69) is 43.0 Å². The molecule has 2 rings (SSSR count). The van der Waals surface area contributed by atoms with E-state index >= 15 is 0 Å². The molecule has 3 nitrogen and oxygen atoms in total. The van der Waals surface area contributed by atoms with Crippen molar-refractivity contribution in [1.82, 2.24) is 15.3 Å². The van der Waals surface area contributed by atoms with Crippen LogP contribution in [0.25, 0.3) is 0 Å². The van der Waals surface area contributed by atoms with Gasteiger partial charge in [0.2, 0.25) is 0 Å². The lowest BCUT2D eigenvalue weighted by Gasteiger charge is -2.33. The van der Waals surface area contributed by atoms with E-state index in [4.69, 9.17) is 0 Å². The fourth-order valence-electron chi connectivity index (χ4n) is 2.84. The summed E-state index contributed by atoms with van der Waals surface area (Å²) < 4.78 is 0. The van der Waals surface area contributed by atoms with Crippen molar-refractivity contribution in [1.29, 1.82) is 0 Å². The zero-order chi connectivity index (χ0) is 13.9. The number of rotatable bonds is 5. The lowest BCUT2D eigenvalue weighted by Crippen LogP contribution is -2.21. The van der Waals surface area contributed by atoms with Crippen molar-refractivity contribution >= 4 is 0 Å². The van der Waals surface area contributed by atoms with Crippen molar-refractivity contribution in [3.8, 4) is 0 Å². The van der Waals surface area contributed by atoms with Crippen LogP contribution >= 0.6 is 0 Å². The third-order valence-electron chi connectivity index (χ3n) is 4.24. The normalized spacial score (nSPS) is 20.1. The minimum atomic E-state index is 0.532. The summed E-state index contributed by atoms with van der Waals surface area (Å²) in [6, 6.07) is 0. The Labute approximate surface area is 117 Å². The molecule has 0 unspecified atom stereocenters. The first kappa shape index (κ1) is 14.6. The SMILES string of the molecule is CC(C)CNCc1cnc(C2CCC(C)(C)CC2)[nH]1. The van der Waals surface area contributed by atoms with Crippen LogP contribution in [0.4, 0.5) is 0 Å². The molecule has 1 aliphatic rings. The van der Waals surface area contributed by atoms with Crippen molar-refractivity contribution in [2.24, 2.45) is 11.3 Å². The zero-order valence-corrected chi connectivity index (χ0v) is 12.9. The Kier molecular flexibility index (Phi) is 4.67. The maximum absolute atomic E-state index is 4.59. The summed E-state index contributed by atoms with van der Waals surface area (Å²) in [5, 5.41) is 3.46. The van der Waals surface area contributed by atoms with E-state index in [0.29, 0.717) is 17.3 Å². The third kappa shape index (κ3) is 4.34. The van der Waals surface area contributed by atoms with Crippen molar-refractivity contribution < 1.29 is 0 Å². The van der Waals surface area contributed by atoms with Crippen LogP contribution in [0.2, 0.25) is 0 Å². The number of imidazole rings is 1. The molecule has 0 saturated heterocycles. The molecule has 0 bridgehead atoms. The first-order valence-electron chi connectivity index (χ1n) is 7.71. The van der Waals surface area contributed by atoms with Gasteiger partial charge in [-0.1, -0.05) is 27.7 Å². The molecule has 1 fully saturated rings. The molecular weight excluding hydrogens is 234 g/mol. The average Bonchev–Trinajstić information content (AvgIpc) is 2.77. The number of hydrogen-bond donors (Lipinski definition) is 2. The lowest BCUT2D eigenvalue weighted by atomic mass is 9.73. The molecule has 1 aliphatic carbocycles. The Morgan fingerprint density at radius 3 is 2.68 bits per heavy atom. The van der Waals surface area contributed by atoms with E-state index in [0.717, 1.165) is 13.1 Å². The van der Waals surface area contributed by atoms with Gasteiger partial charge in [0.1, 0.15) is 5.82 Å². The first-order chi connectivity index (χ1) is 8.96. The van der Waals surface area contributed by atoms with Crippen LogP contribution in [-0.2, 0) is 6.54 Å². The maximum Gasteiger partial charge on any atom is 0.109 e. The fourth-order valence-corrected chi connectivity index (χ4v) is 2.84. The fraction of sp³-hybridized carbons (Fsp3) is 0.812. The monoisotopic (exact) mass is 263 g/mol.